The van der Waals surface area contributed by atoms with E-state index in [0.717, 1.165) is 24.8 Å². The highest BCUT2D eigenvalue weighted by Crippen LogP contribution is 2.20. The number of unbranched alkanes of at least 4 members (excludes halogenated alkanes) is 5. The molecular weight excluding hydrogens is 265 g/mol. The molecule has 0 spiro atoms. The van der Waals surface area contributed by atoms with Crippen LogP contribution in [-0.2, 0) is 6.42 Å². The Bertz CT molecular complexity index is 395. The van der Waals surface area contributed by atoms with Crippen molar-refractivity contribution in [2.45, 2.75) is 71.3 Å². The number of ether oxygens (including phenoxy) is 1. The Labute approximate surface area is 128 Å². The summed E-state index contributed by atoms with van der Waals surface area (Å²) in [5.41, 5.74) is 6.83. The van der Waals surface area contributed by atoms with E-state index in [9.17, 15) is 4.39 Å². The van der Waals surface area contributed by atoms with Gasteiger partial charge in [0.25, 0.3) is 0 Å². The third kappa shape index (κ3) is 7.47. The number of hydrogen-bond acceptors (Lipinski definition) is 2. The fraction of sp³-hybridized carbons (Fsp3) is 0.667. The zero-order valence-corrected chi connectivity index (χ0v) is 13.5. The Morgan fingerprint density at radius 1 is 1.10 bits per heavy atom. The Morgan fingerprint density at radius 2 is 1.81 bits per heavy atom. The maximum Gasteiger partial charge on any atom is 0.165 e. The molecule has 0 fully saturated rings. The number of benzene rings is 1. The topological polar surface area (TPSA) is 35.2 Å². The highest BCUT2D eigenvalue weighted by atomic mass is 19.1. The second-order valence-corrected chi connectivity index (χ2v) is 5.75. The Balaban J connectivity index is 2.29. The van der Waals surface area contributed by atoms with Gasteiger partial charge in [-0.05, 0) is 37.0 Å². The summed E-state index contributed by atoms with van der Waals surface area (Å²) in [6.07, 6.45) is 8.86. The summed E-state index contributed by atoms with van der Waals surface area (Å²) in [7, 11) is 0. The van der Waals surface area contributed by atoms with E-state index < -0.39 is 0 Å². The van der Waals surface area contributed by atoms with Gasteiger partial charge in [-0.15, -0.1) is 0 Å². The van der Waals surface area contributed by atoms with Crippen LogP contribution in [0.5, 0.6) is 5.75 Å². The quantitative estimate of drug-likeness (QED) is 0.593. The minimum absolute atomic E-state index is 0.0966. The highest BCUT2D eigenvalue weighted by molar-refractivity contribution is 5.29. The summed E-state index contributed by atoms with van der Waals surface area (Å²) in [6, 6.07) is 5.28. The predicted octanol–water partition coefficient (Wildman–Crippen LogP) is 4.84. The number of halogens is 1. The van der Waals surface area contributed by atoms with E-state index in [0.29, 0.717) is 18.8 Å². The SMILES string of the molecule is CCCCCCCCOc1ccc(CC(N)CC)cc1F. The van der Waals surface area contributed by atoms with Crippen molar-refractivity contribution in [3.63, 3.8) is 0 Å². The molecule has 0 aliphatic heterocycles. The first-order chi connectivity index (χ1) is 10.2. The molecule has 120 valence electrons. The van der Waals surface area contributed by atoms with Crippen molar-refractivity contribution in [1.29, 1.82) is 0 Å². The van der Waals surface area contributed by atoms with Gasteiger partial charge in [0, 0.05) is 6.04 Å². The molecule has 0 aliphatic carbocycles. The molecule has 1 unspecified atom stereocenters. The molecule has 21 heavy (non-hydrogen) atoms. The van der Waals surface area contributed by atoms with Crippen LogP contribution < -0.4 is 10.5 Å². The van der Waals surface area contributed by atoms with Crippen LogP contribution >= 0.6 is 0 Å². The van der Waals surface area contributed by atoms with Gasteiger partial charge in [-0.2, -0.15) is 0 Å². The maximum absolute atomic E-state index is 13.9. The summed E-state index contributed by atoms with van der Waals surface area (Å²) >= 11 is 0. The molecule has 1 aromatic rings. The van der Waals surface area contributed by atoms with Crippen LogP contribution in [0, 0.1) is 5.82 Å². The molecule has 0 radical (unpaired) electrons. The van der Waals surface area contributed by atoms with E-state index in [1.54, 1.807) is 12.1 Å². The molecule has 0 amide bonds. The van der Waals surface area contributed by atoms with Crippen molar-refractivity contribution in [3.05, 3.63) is 29.6 Å². The van der Waals surface area contributed by atoms with Gasteiger partial charge in [0.2, 0.25) is 0 Å². The number of rotatable bonds is 11. The van der Waals surface area contributed by atoms with Crippen molar-refractivity contribution >= 4 is 0 Å². The fourth-order valence-corrected chi connectivity index (χ4v) is 2.30. The van der Waals surface area contributed by atoms with E-state index in [4.69, 9.17) is 10.5 Å². The molecule has 2 N–H and O–H groups in total. The highest BCUT2D eigenvalue weighted by Gasteiger charge is 2.07. The molecule has 3 heteroatoms. The lowest BCUT2D eigenvalue weighted by Gasteiger charge is -2.11. The monoisotopic (exact) mass is 295 g/mol. The smallest absolute Gasteiger partial charge is 0.165 e. The summed E-state index contributed by atoms with van der Waals surface area (Å²) in [5, 5.41) is 0. The first kappa shape index (κ1) is 18.0. The summed E-state index contributed by atoms with van der Waals surface area (Å²) in [4.78, 5) is 0. The molecule has 0 saturated heterocycles. The normalized spacial score (nSPS) is 12.4. The Hall–Kier alpha value is -1.09. The van der Waals surface area contributed by atoms with Gasteiger partial charge in [-0.1, -0.05) is 52.0 Å². The van der Waals surface area contributed by atoms with Crippen LogP contribution in [0.3, 0.4) is 0 Å². The van der Waals surface area contributed by atoms with Crippen molar-refractivity contribution in [2.75, 3.05) is 6.61 Å². The second-order valence-electron chi connectivity index (χ2n) is 5.75. The molecule has 2 nitrogen and oxygen atoms in total. The lowest BCUT2D eigenvalue weighted by atomic mass is 10.0. The fourth-order valence-electron chi connectivity index (χ4n) is 2.30. The zero-order chi connectivity index (χ0) is 15.5. The van der Waals surface area contributed by atoms with E-state index in [-0.39, 0.29) is 11.9 Å². The minimum atomic E-state index is -0.276. The van der Waals surface area contributed by atoms with E-state index in [1.165, 1.54) is 25.7 Å². The van der Waals surface area contributed by atoms with Crippen molar-refractivity contribution in [2.24, 2.45) is 5.73 Å². The average Bonchev–Trinajstić information content (AvgIpc) is 2.48. The van der Waals surface area contributed by atoms with Crippen molar-refractivity contribution in [1.82, 2.24) is 0 Å². The van der Waals surface area contributed by atoms with Gasteiger partial charge in [-0.3, -0.25) is 0 Å². The van der Waals surface area contributed by atoms with Crippen LogP contribution in [0.25, 0.3) is 0 Å². The second kappa shape index (κ2) is 10.6. The van der Waals surface area contributed by atoms with Gasteiger partial charge >= 0.3 is 0 Å². The Kier molecular flexibility index (Phi) is 9.07. The van der Waals surface area contributed by atoms with Gasteiger partial charge in [-0.25, -0.2) is 4.39 Å². The van der Waals surface area contributed by atoms with Crippen LogP contribution in [0.15, 0.2) is 18.2 Å². The molecular formula is C18H30FNO. The van der Waals surface area contributed by atoms with Gasteiger partial charge in [0.05, 0.1) is 6.61 Å². The van der Waals surface area contributed by atoms with E-state index >= 15 is 0 Å². The van der Waals surface area contributed by atoms with Crippen LogP contribution in [-0.4, -0.2) is 12.6 Å². The Morgan fingerprint density at radius 3 is 2.48 bits per heavy atom. The molecule has 0 aliphatic rings. The third-order valence-electron chi connectivity index (χ3n) is 3.77. The summed E-state index contributed by atoms with van der Waals surface area (Å²) in [5.74, 6) is 0.0826. The molecule has 0 aromatic heterocycles. The van der Waals surface area contributed by atoms with Crippen LogP contribution in [0.2, 0.25) is 0 Å². The minimum Gasteiger partial charge on any atom is -0.491 e. The molecule has 1 atom stereocenters. The molecule has 0 bridgehead atoms. The molecule has 0 heterocycles. The third-order valence-corrected chi connectivity index (χ3v) is 3.77. The maximum atomic E-state index is 13.9. The summed E-state index contributed by atoms with van der Waals surface area (Å²) in [6.45, 7) is 4.85. The van der Waals surface area contributed by atoms with Crippen LogP contribution in [0.4, 0.5) is 4.39 Å². The van der Waals surface area contributed by atoms with Gasteiger partial charge < -0.3 is 10.5 Å². The zero-order valence-electron chi connectivity index (χ0n) is 13.5. The van der Waals surface area contributed by atoms with Gasteiger partial charge in [0.15, 0.2) is 11.6 Å². The largest absolute Gasteiger partial charge is 0.491 e. The van der Waals surface area contributed by atoms with Crippen molar-refractivity contribution < 1.29 is 9.13 Å². The standard InChI is InChI=1S/C18H30FNO/c1-3-5-6-7-8-9-12-21-18-11-10-15(14-17(18)19)13-16(20)4-2/h10-11,14,16H,3-9,12-13,20H2,1-2H3. The number of nitrogens with two attached hydrogens (primary N) is 1. The van der Waals surface area contributed by atoms with Crippen molar-refractivity contribution in [3.8, 4) is 5.75 Å². The lowest BCUT2D eigenvalue weighted by Crippen LogP contribution is -2.21. The molecule has 1 aromatic carbocycles. The first-order valence-electron chi connectivity index (χ1n) is 8.34. The first-order valence-corrected chi connectivity index (χ1v) is 8.34. The van der Waals surface area contributed by atoms with E-state index in [1.807, 2.05) is 13.0 Å². The van der Waals surface area contributed by atoms with Gasteiger partial charge in [0.1, 0.15) is 0 Å². The molecule has 0 saturated carbocycles. The summed E-state index contributed by atoms with van der Waals surface area (Å²) < 4.78 is 19.4. The van der Waals surface area contributed by atoms with Crippen LogP contribution in [0.1, 0.15) is 64.4 Å². The predicted molar refractivity (Wildman–Crippen MR) is 87.2 cm³/mol. The van der Waals surface area contributed by atoms with E-state index in [2.05, 4.69) is 6.92 Å². The lowest BCUT2D eigenvalue weighted by molar-refractivity contribution is 0.290. The number of hydrogen-bond donors (Lipinski definition) is 1. The molecule has 1 rings (SSSR count). The average molecular weight is 295 g/mol.